The fourth-order valence-electron chi connectivity index (χ4n) is 1.09. The fourth-order valence-corrected chi connectivity index (χ4v) is 1.37. The number of benzene rings is 1. The van der Waals surface area contributed by atoms with Gasteiger partial charge < -0.3 is 4.74 Å². The molecule has 0 bridgehead atoms. The largest absolute Gasteiger partial charge is 0.462 e. The summed E-state index contributed by atoms with van der Waals surface area (Å²) in [7, 11) is 0. The van der Waals surface area contributed by atoms with Gasteiger partial charge in [-0.05, 0) is 25.0 Å². The van der Waals surface area contributed by atoms with E-state index in [2.05, 4.69) is 5.32 Å². The lowest BCUT2D eigenvalue weighted by atomic mass is 10.3. The Morgan fingerprint density at radius 2 is 2.00 bits per heavy atom. The van der Waals surface area contributed by atoms with Crippen molar-refractivity contribution in [2.75, 3.05) is 0 Å². The number of rotatable bonds is 4. The molecule has 1 unspecified atom stereocenters. The summed E-state index contributed by atoms with van der Waals surface area (Å²) in [4.78, 5) is 0. The van der Waals surface area contributed by atoms with E-state index in [-0.39, 0.29) is 0 Å². The average Bonchev–Trinajstić information content (AvgIpc) is 2.90. The number of halogens is 1. The third-order valence-electron chi connectivity index (χ3n) is 1.93. The molecule has 0 radical (unpaired) electrons. The first-order chi connectivity index (χ1) is 6.34. The molecule has 2 rings (SSSR count). The van der Waals surface area contributed by atoms with E-state index in [1.54, 1.807) is 0 Å². The maximum absolute atomic E-state index is 5.92. The normalized spacial score (nSPS) is 18.2. The molecular formula is C10H12ClNO. The van der Waals surface area contributed by atoms with Gasteiger partial charge in [0.25, 0.3) is 0 Å². The van der Waals surface area contributed by atoms with Crippen LogP contribution in [0.3, 0.4) is 0 Å². The van der Waals surface area contributed by atoms with Crippen molar-refractivity contribution in [2.45, 2.75) is 24.6 Å². The van der Waals surface area contributed by atoms with Gasteiger partial charge in [-0.3, -0.25) is 5.32 Å². The lowest BCUT2D eigenvalue weighted by Gasteiger charge is -2.13. The fraction of sp³-hybridized carbons (Fsp3) is 0.400. The van der Waals surface area contributed by atoms with Crippen molar-refractivity contribution >= 4 is 11.6 Å². The summed E-state index contributed by atoms with van der Waals surface area (Å²) in [5.41, 5.74) is -0.408. The van der Waals surface area contributed by atoms with Gasteiger partial charge in [0.05, 0.1) is 0 Å². The molecule has 1 N–H and O–H groups in total. The maximum Gasteiger partial charge on any atom is 0.227 e. The highest BCUT2D eigenvalue weighted by Gasteiger charge is 2.24. The van der Waals surface area contributed by atoms with Crippen molar-refractivity contribution in [3.05, 3.63) is 30.3 Å². The average molecular weight is 198 g/mol. The number of alkyl halides is 1. The topological polar surface area (TPSA) is 21.3 Å². The van der Waals surface area contributed by atoms with E-state index in [4.69, 9.17) is 16.3 Å². The van der Waals surface area contributed by atoms with E-state index >= 15 is 0 Å². The van der Waals surface area contributed by atoms with Crippen molar-refractivity contribution in [2.24, 2.45) is 0 Å². The Labute approximate surface area is 82.9 Å². The lowest BCUT2D eigenvalue weighted by molar-refractivity contribution is 0.240. The van der Waals surface area contributed by atoms with E-state index in [1.165, 1.54) is 12.8 Å². The summed E-state index contributed by atoms with van der Waals surface area (Å²) in [5.74, 6) is 0.802. The zero-order valence-corrected chi connectivity index (χ0v) is 8.00. The Kier molecular flexibility index (Phi) is 2.71. The summed E-state index contributed by atoms with van der Waals surface area (Å²) in [5, 5.41) is 3.15. The Morgan fingerprint density at radius 1 is 1.31 bits per heavy atom. The molecule has 13 heavy (non-hydrogen) atoms. The zero-order chi connectivity index (χ0) is 9.10. The molecule has 0 heterocycles. The second-order valence-electron chi connectivity index (χ2n) is 3.19. The summed E-state index contributed by atoms with van der Waals surface area (Å²) >= 11 is 5.92. The summed E-state index contributed by atoms with van der Waals surface area (Å²) < 4.78 is 5.42. The molecule has 2 nitrogen and oxygen atoms in total. The number of hydrogen-bond donors (Lipinski definition) is 1. The Hall–Kier alpha value is -0.730. The first-order valence-electron chi connectivity index (χ1n) is 4.46. The third-order valence-corrected chi connectivity index (χ3v) is 2.14. The molecule has 1 aliphatic carbocycles. The van der Waals surface area contributed by atoms with Crippen LogP contribution >= 0.6 is 11.6 Å². The van der Waals surface area contributed by atoms with Crippen LogP contribution in [0.4, 0.5) is 0 Å². The SMILES string of the molecule is ClC(NC1CC1)Oc1ccccc1. The molecule has 1 fully saturated rings. The number of para-hydroxylation sites is 1. The van der Waals surface area contributed by atoms with Crippen LogP contribution in [-0.4, -0.2) is 11.7 Å². The molecule has 1 atom stereocenters. The van der Waals surface area contributed by atoms with Crippen LogP contribution in [-0.2, 0) is 0 Å². The zero-order valence-electron chi connectivity index (χ0n) is 7.24. The molecule has 0 amide bonds. The highest BCUT2D eigenvalue weighted by molar-refractivity contribution is 6.19. The van der Waals surface area contributed by atoms with Crippen molar-refractivity contribution in [1.29, 1.82) is 0 Å². The first kappa shape index (κ1) is 8.85. The molecule has 1 saturated carbocycles. The van der Waals surface area contributed by atoms with Crippen molar-refractivity contribution < 1.29 is 4.74 Å². The quantitative estimate of drug-likeness (QED) is 0.455. The number of hydrogen-bond acceptors (Lipinski definition) is 2. The highest BCUT2D eigenvalue weighted by Crippen LogP contribution is 2.21. The van der Waals surface area contributed by atoms with Crippen molar-refractivity contribution in [3.63, 3.8) is 0 Å². The number of ether oxygens (including phenoxy) is 1. The van der Waals surface area contributed by atoms with Crippen LogP contribution in [0.5, 0.6) is 5.75 Å². The summed E-state index contributed by atoms with van der Waals surface area (Å²) in [6.45, 7) is 0. The van der Waals surface area contributed by atoms with Gasteiger partial charge in [0.1, 0.15) is 5.75 Å². The van der Waals surface area contributed by atoms with Gasteiger partial charge in [0.15, 0.2) is 0 Å². The molecular weight excluding hydrogens is 186 g/mol. The van der Waals surface area contributed by atoms with Gasteiger partial charge in [-0.1, -0.05) is 29.8 Å². The minimum Gasteiger partial charge on any atom is -0.462 e. The van der Waals surface area contributed by atoms with E-state index in [9.17, 15) is 0 Å². The molecule has 1 aromatic carbocycles. The van der Waals surface area contributed by atoms with E-state index < -0.39 is 5.69 Å². The molecule has 70 valence electrons. The van der Waals surface area contributed by atoms with Crippen LogP contribution in [0.1, 0.15) is 12.8 Å². The molecule has 1 aromatic rings. The monoisotopic (exact) mass is 197 g/mol. The van der Waals surface area contributed by atoms with Crippen LogP contribution < -0.4 is 10.1 Å². The standard InChI is InChI=1S/C10H12ClNO/c11-10(12-8-6-7-8)13-9-4-2-1-3-5-9/h1-5,8,10,12H,6-7H2. The molecule has 0 saturated heterocycles. The second-order valence-corrected chi connectivity index (χ2v) is 3.58. The van der Waals surface area contributed by atoms with E-state index in [0.717, 1.165) is 5.75 Å². The van der Waals surface area contributed by atoms with Gasteiger partial charge in [-0.2, -0.15) is 0 Å². The Morgan fingerprint density at radius 3 is 2.62 bits per heavy atom. The van der Waals surface area contributed by atoms with Crippen LogP contribution in [0.25, 0.3) is 0 Å². The van der Waals surface area contributed by atoms with Crippen LogP contribution in [0, 0.1) is 0 Å². The lowest BCUT2D eigenvalue weighted by Crippen LogP contribution is -2.30. The minimum absolute atomic E-state index is 0.408. The predicted molar refractivity (Wildman–Crippen MR) is 52.9 cm³/mol. The van der Waals surface area contributed by atoms with E-state index in [1.807, 2.05) is 30.3 Å². The predicted octanol–water partition coefficient (Wildman–Crippen LogP) is 2.34. The molecule has 0 aliphatic heterocycles. The summed E-state index contributed by atoms with van der Waals surface area (Å²) in [6.07, 6.45) is 2.42. The van der Waals surface area contributed by atoms with Gasteiger partial charge in [0, 0.05) is 6.04 Å². The third kappa shape index (κ3) is 2.90. The summed E-state index contributed by atoms with van der Waals surface area (Å²) in [6, 6.07) is 10.1. The minimum atomic E-state index is -0.408. The Balaban J connectivity index is 1.82. The second kappa shape index (κ2) is 3.99. The smallest absolute Gasteiger partial charge is 0.227 e. The van der Waals surface area contributed by atoms with Gasteiger partial charge in [-0.15, -0.1) is 0 Å². The molecule has 3 heteroatoms. The van der Waals surface area contributed by atoms with Crippen LogP contribution in [0.15, 0.2) is 30.3 Å². The van der Waals surface area contributed by atoms with E-state index in [0.29, 0.717) is 6.04 Å². The number of nitrogens with one attached hydrogen (secondary N) is 1. The first-order valence-corrected chi connectivity index (χ1v) is 4.90. The van der Waals surface area contributed by atoms with Crippen molar-refractivity contribution in [1.82, 2.24) is 5.32 Å². The molecule has 1 aliphatic rings. The van der Waals surface area contributed by atoms with Crippen LogP contribution in [0.2, 0.25) is 0 Å². The van der Waals surface area contributed by atoms with Gasteiger partial charge >= 0.3 is 0 Å². The molecule has 0 aromatic heterocycles. The van der Waals surface area contributed by atoms with Crippen molar-refractivity contribution in [3.8, 4) is 5.75 Å². The molecule has 0 spiro atoms. The maximum atomic E-state index is 5.92. The van der Waals surface area contributed by atoms with Gasteiger partial charge in [0.2, 0.25) is 5.69 Å². The highest BCUT2D eigenvalue weighted by atomic mass is 35.5. The van der Waals surface area contributed by atoms with Gasteiger partial charge in [-0.25, -0.2) is 0 Å². The Bertz CT molecular complexity index is 261.